The van der Waals surface area contributed by atoms with E-state index in [2.05, 4.69) is 15.5 Å². The molecule has 132 valence electrons. The molecule has 25 heavy (non-hydrogen) atoms. The van der Waals surface area contributed by atoms with E-state index in [1.165, 1.54) is 0 Å². The lowest BCUT2D eigenvalue weighted by Gasteiger charge is -2.14. The van der Waals surface area contributed by atoms with Crippen LogP contribution < -0.4 is 5.32 Å². The summed E-state index contributed by atoms with van der Waals surface area (Å²) in [7, 11) is 0. The van der Waals surface area contributed by atoms with E-state index in [0.29, 0.717) is 35.2 Å². The molecule has 1 aliphatic carbocycles. The Morgan fingerprint density at radius 1 is 1.32 bits per heavy atom. The zero-order valence-corrected chi connectivity index (χ0v) is 14.2. The van der Waals surface area contributed by atoms with Crippen LogP contribution in [-0.4, -0.2) is 27.1 Å². The Labute approximate surface area is 149 Å². The molecule has 0 saturated heterocycles. The van der Waals surface area contributed by atoms with Gasteiger partial charge in [-0.3, -0.25) is 4.79 Å². The number of carbonyl (C=O) groups is 2. The van der Waals surface area contributed by atoms with Crippen molar-refractivity contribution in [3.8, 4) is 0 Å². The summed E-state index contributed by atoms with van der Waals surface area (Å²) in [6, 6.07) is 5.24. The number of carbonyl (C=O) groups excluding carboxylic acids is 1. The lowest BCUT2D eigenvalue weighted by molar-refractivity contribution is -0.142. The molecule has 2 aromatic rings. The van der Waals surface area contributed by atoms with E-state index in [4.69, 9.17) is 16.1 Å². The Kier molecular flexibility index (Phi) is 5.33. The number of aliphatic carboxylic acids is 1. The molecule has 0 bridgehead atoms. The molecular formula is C17H18ClN3O4. The van der Waals surface area contributed by atoms with Gasteiger partial charge in [0.2, 0.25) is 11.8 Å². The van der Waals surface area contributed by atoms with Crippen LogP contribution in [0.3, 0.4) is 0 Å². The summed E-state index contributed by atoms with van der Waals surface area (Å²) in [5.41, 5.74) is 0.469. The number of carboxylic acids is 1. The summed E-state index contributed by atoms with van der Waals surface area (Å²) >= 11 is 5.80. The van der Waals surface area contributed by atoms with E-state index in [9.17, 15) is 14.7 Å². The van der Waals surface area contributed by atoms with Crippen LogP contribution in [0, 0.1) is 0 Å². The fraction of sp³-hybridized carbons (Fsp3) is 0.412. The molecule has 1 atom stereocenters. The van der Waals surface area contributed by atoms with E-state index < -0.39 is 12.0 Å². The molecule has 3 rings (SSSR count). The van der Waals surface area contributed by atoms with Crippen LogP contribution in [-0.2, 0) is 16.0 Å². The van der Waals surface area contributed by atoms with Crippen molar-refractivity contribution in [2.75, 3.05) is 0 Å². The minimum absolute atomic E-state index is 0.179. The average Bonchev–Trinajstić information content (AvgIpc) is 3.33. The zero-order valence-electron chi connectivity index (χ0n) is 13.4. The largest absolute Gasteiger partial charge is 0.479 e. The highest BCUT2D eigenvalue weighted by atomic mass is 35.5. The smallest absolute Gasteiger partial charge is 0.330 e. The van der Waals surface area contributed by atoms with E-state index in [-0.39, 0.29) is 12.3 Å². The Balaban J connectivity index is 1.49. The SMILES string of the molecule is O=C(CCCc1nc(C2CC2)no1)NC(C(=O)O)c1ccc(Cl)cc1. The van der Waals surface area contributed by atoms with Crippen LogP contribution in [0.5, 0.6) is 0 Å². The van der Waals surface area contributed by atoms with Crippen LogP contribution >= 0.6 is 11.6 Å². The Morgan fingerprint density at radius 3 is 2.68 bits per heavy atom. The van der Waals surface area contributed by atoms with Crippen molar-refractivity contribution < 1.29 is 19.2 Å². The topological polar surface area (TPSA) is 105 Å². The van der Waals surface area contributed by atoms with Gasteiger partial charge in [0, 0.05) is 23.8 Å². The van der Waals surface area contributed by atoms with Gasteiger partial charge in [0.1, 0.15) is 0 Å². The maximum Gasteiger partial charge on any atom is 0.330 e. The number of halogens is 1. The maximum absolute atomic E-state index is 12.0. The van der Waals surface area contributed by atoms with Crippen molar-refractivity contribution in [3.05, 3.63) is 46.6 Å². The second-order valence-corrected chi connectivity index (χ2v) is 6.50. The molecule has 1 heterocycles. The van der Waals surface area contributed by atoms with Gasteiger partial charge in [0.25, 0.3) is 0 Å². The van der Waals surface area contributed by atoms with Gasteiger partial charge in [0.15, 0.2) is 11.9 Å². The van der Waals surface area contributed by atoms with Crippen molar-refractivity contribution in [2.24, 2.45) is 0 Å². The minimum Gasteiger partial charge on any atom is -0.479 e. The Bertz CT molecular complexity index is 756. The summed E-state index contributed by atoms with van der Waals surface area (Å²) in [6.07, 6.45) is 3.38. The van der Waals surface area contributed by atoms with Gasteiger partial charge in [0.05, 0.1) is 0 Å². The average molecular weight is 364 g/mol. The third-order valence-electron chi connectivity index (χ3n) is 3.98. The number of nitrogens with one attached hydrogen (secondary N) is 1. The molecule has 1 aromatic carbocycles. The lowest BCUT2D eigenvalue weighted by atomic mass is 10.1. The molecule has 0 aliphatic heterocycles. The molecule has 1 fully saturated rings. The van der Waals surface area contributed by atoms with Crippen LogP contribution in [0.2, 0.25) is 5.02 Å². The van der Waals surface area contributed by atoms with Crippen LogP contribution in [0.4, 0.5) is 0 Å². The standard InChI is InChI=1S/C17H18ClN3O4/c18-12-8-6-10(7-9-12)15(17(23)24)19-13(22)2-1-3-14-20-16(21-25-14)11-4-5-11/h6-9,11,15H,1-5H2,(H,19,22)(H,23,24). The first kappa shape index (κ1) is 17.4. The molecular weight excluding hydrogens is 346 g/mol. The summed E-state index contributed by atoms with van der Waals surface area (Å²) in [5, 5.41) is 16.3. The number of rotatable bonds is 8. The first-order valence-electron chi connectivity index (χ1n) is 8.13. The van der Waals surface area contributed by atoms with Crippen molar-refractivity contribution in [1.82, 2.24) is 15.5 Å². The van der Waals surface area contributed by atoms with Gasteiger partial charge in [-0.2, -0.15) is 4.98 Å². The highest BCUT2D eigenvalue weighted by Crippen LogP contribution is 2.38. The van der Waals surface area contributed by atoms with E-state index in [0.717, 1.165) is 18.7 Å². The van der Waals surface area contributed by atoms with E-state index in [1.54, 1.807) is 24.3 Å². The molecule has 1 amide bonds. The van der Waals surface area contributed by atoms with Gasteiger partial charge in [-0.15, -0.1) is 0 Å². The van der Waals surface area contributed by atoms with Crippen LogP contribution in [0.1, 0.15) is 54.9 Å². The second kappa shape index (κ2) is 7.65. The number of carboxylic acid groups (broad SMARTS) is 1. The van der Waals surface area contributed by atoms with Crippen molar-refractivity contribution >= 4 is 23.5 Å². The third kappa shape index (κ3) is 4.79. The van der Waals surface area contributed by atoms with Gasteiger partial charge in [-0.1, -0.05) is 28.9 Å². The number of nitrogens with zero attached hydrogens (tertiary/aromatic N) is 2. The molecule has 0 radical (unpaired) electrons. The number of benzene rings is 1. The highest BCUT2D eigenvalue weighted by Gasteiger charge is 2.28. The fourth-order valence-electron chi connectivity index (χ4n) is 2.45. The first-order chi connectivity index (χ1) is 12.0. The molecule has 1 aromatic heterocycles. The van der Waals surface area contributed by atoms with Gasteiger partial charge in [-0.05, 0) is 37.0 Å². The number of hydrogen-bond donors (Lipinski definition) is 2. The van der Waals surface area contributed by atoms with E-state index >= 15 is 0 Å². The van der Waals surface area contributed by atoms with Crippen molar-refractivity contribution in [2.45, 2.75) is 44.1 Å². The molecule has 1 unspecified atom stereocenters. The predicted octanol–water partition coefficient (Wildman–Crippen LogP) is 2.87. The van der Waals surface area contributed by atoms with Gasteiger partial charge >= 0.3 is 5.97 Å². The lowest BCUT2D eigenvalue weighted by Crippen LogP contribution is -2.33. The minimum atomic E-state index is -1.12. The number of hydrogen-bond acceptors (Lipinski definition) is 5. The summed E-state index contributed by atoms with van der Waals surface area (Å²) < 4.78 is 5.15. The maximum atomic E-state index is 12.0. The molecule has 1 aliphatic rings. The highest BCUT2D eigenvalue weighted by molar-refractivity contribution is 6.30. The quantitative estimate of drug-likeness (QED) is 0.747. The summed E-state index contributed by atoms with van der Waals surface area (Å²) in [6.45, 7) is 0. The number of amides is 1. The summed E-state index contributed by atoms with van der Waals surface area (Å²) in [4.78, 5) is 27.7. The molecule has 1 saturated carbocycles. The second-order valence-electron chi connectivity index (χ2n) is 6.06. The van der Waals surface area contributed by atoms with Gasteiger partial charge < -0.3 is 14.9 Å². The molecule has 7 nitrogen and oxygen atoms in total. The van der Waals surface area contributed by atoms with Crippen LogP contribution in [0.25, 0.3) is 0 Å². The zero-order chi connectivity index (χ0) is 17.8. The van der Waals surface area contributed by atoms with Gasteiger partial charge in [-0.25, -0.2) is 4.79 Å². The third-order valence-corrected chi connectivity index (χ3v) is 4.23. The van der Waals surface area contributed by atoms with Crippen molar-refractivity contribution in [3.63, 3.8) is 0 Å². The van der Waals surface area contributed by atoms with Crippen LogP contribution in [0.15, 0.2) is 28.8 Å². The Hall–Kier alpha value is -2.41. The first-order valence-corrected chi connectivity index (χ1v) is 8.51. The van der Waals surface area contributed by atoms with Crippen molar-refractivity contribution in [1.29, 1.82) is 0 Å². The Morgan fingerprint density at radius 2 is 2.04 bits per heavy atom. The van der Waals surface area contributed by atoms with E-state index in [1.807, 2.05) is 0 Å². The fourth-order valence-corrected chi connectivity index (χ4v) is 2.58. The molecule has 8 heteroatoms. The molecule has 0 spiro atoms. The summed E-state index contributed by atoms with van der Waals surface area (Å²) in [5.74, 6) is 0.220. The predicted molar refractivity (Wildman–Crippen MR) is 89.2 cm³/mol. The monoisotopic (exact) mass is 363 g/mol. The number of aryl methyl sites for hydroxylation is 1. The molecule has 2 N–H and O–H groups in total. The normalized spacial score (nSPS) is 14.9. The number of aromatic nitrogens is 2.